The van der Waals surface area contributed by atoms with Crippen LogP contribution in [0.5, 0.6) is 0 Å². The second-order valence-corrected chi connectivity index (χ2v) is 13.5. The van der Waals surface area contributed by atoms with Gasteiger partial charge >= 0.3 is 6.17 Å². The third-order valence-electron chi connectivity index (χ3n) is 9.59. The topological polar surface area (TPSA) is 93.1 Å². The zero-order chi connectivity index (χ0) is 30.7. The van der Waals surface area contributed by atoms with Gasteiger partial charge in [0, 0.05) is 42.4 Å². The van der Waals surface area contributed by atoms with E-state index in [0.29, 0.717) is 25.9 Å². The Balaban J connectivity index is 1.31. The molecule has 1 aromatic heterocycles. The number of likely N-dealkylation sites (tertiary alicyclic amines) is 1. The molecule has 2 aromatic carbocycles. The molecule has 0 aliphatic carbocycles. The van der Waals surface area contributed by atoms with Gasteiger partial charge in [-0.3, -0.25) is 29.0 Å². The molecule has 3 aliphatic heterocycles. The fraction of sp³-hybridized carbons (Fsp3) is 0.471. The summed E-state index contributed by atoms with van der Waals surface area (Å²) in [4.78, 5) is 54.9. The van der Waals surface area contributed by atoms with E-state index in [-0.39, 0.29) is 36.1 Å². The second-order valence-electron chi connectivity index (χ2n) is 13.5. The minimum absolute atomic E-state index is 0.0994. The molecule has 4 heterocycles. The van der Waals surface area contributed by atoms with E-state index < -0.39 is 23.7 Å². The van der Waals surface area contributed by atoms with Crippen LogP contribution in [0.3, 0.4) is 0 Å². The first-order valence-corrected chi connectivity index (χ1v) is 15.1. The van der Waals surface area contributed by atoms with E-state index in [2.05, 4.69) is 59.9 Å². The number of para-hydroxylation sites is 2. The minimum atomic E-state index is -0.968. The monoisotopic (exact) mass is 580 g/mol. The molecule has 6 rings (SSSR count). The SMILES string of the molecule is [C-]#[N+][C@@H]1C[C@@]2(CN1C(=O)[C@H](CC(C)(C)C)N(C)C(=O)[C@@H]1Cc3c([nH]c4ccccc34)CN1CC)C(=O)Nc1ccccc12. The smallest absolute Gasteiger partial charge is 0.302 e. The predicted molar refractivity (Wildman–Crippen MR) is 166 cm³/mol. The van der Waals surface area contributed by atoms with Crippen LogP contribution < -0.4 is 5.32 Å². The highest BCUT2D eigenvalue weighted by molar-refractivity contribution is 6.07. The fourth-order valence-electron chi connectivity index (χ4n) is 7.34. The Labute approximate surface area is 253 Å². The van der Waals surface area contributed by atoms with E-state index in [9.17, 15) is 14.4 Å². The highest BCUT2D eigenvalue weighted by Crippen LogP contribution is 2.47. The van der Waals surface area contributed by atoms with Crippen LogP contribution >= 0.6 is 0 Å². The number of likely N-dealkylation sites (N-methyl/N-ethyl adjacent to an activating group) is 2. The van der Waals surface area contributed by atoms with Crippen molar-refractivity contribution in [3.05, 3.63) is 76.8 Å². The molecule has 0 bridgehead atoms. The van der Waals surface area contributed by atoms with Gasteiger partial charge in [0.25, 0.3) is 5.91 Å². The first-order valence-electron chi connectivity index (χ1n) is 15.1. The third kappa shape index (κ3) is 4.78. The molecule has 3 aromatic rings. The number of nitrogens with zero attached hydrogens (tertiary/aromatic N) is 4. The van der Waals surface area contributed by atoms with Crippen molar-refractivity contribution >= 4 is 34.3 Å². The van der Waals surface area contributed by atoms with Gasteiger partial charge in [-0.2, -0.15) is 0 Å². The maximum absolute atomic E-state index is 14.5. The highest BCUT2D eigenvalue weighted by Gasteiger charge is 2.59. The first kappa shape index (κ1) is 28.9. The van der Waals surface area contributed by atoms with E-state index in [1.807, 2.05) is 36.4 Å². The highest BCUT2D eigenvalue weighted by atomic mass is 16.2. The summed E-state index contributed by atoms with van der Waals surface area (Å²) in [5.74, 6) is -0.546. The van der Waals surface area contributed by atoms with Crippen LogP contribution in [0.1, 0.15) is 57.4 Å². The number of aromatic nitrogens is 1. The largest absolute Gasteiger partial charge is 0.357 e. The Hall–Kier alpha value is -4.16. The van der Waals surface area contributed by atoms with Crippen LogP contribution in [0.25, 0.3) is 15.7 Å². The van der Waals surface area contributed by atoms with Crippen molar-refractivity contribution in [3.8, 4) is 0 Å². The van der Waals surface area contributed by atoms with Gasteiger partial charge in [-0.1, -0.05) is 64.1 Å². The molecular formula is C34H40N6O3. The summed E-state index contributed by atoms with van der Waals surface area (Å²) < 4.78 is 0. The van der Waals surface area contributed by atoms with Crippen LogP contribution in [0.4, 0.5) is 5.69 Å². The van der Waals surface area contributed by atoms with Crippen LogP contribution in [0.2, 0.25) is 0 Å². The van der Waals surface area contributed by atoms with Gasteiger partial charge in [-0.25, -0.2) is 6.57 Å². The van der Waals surface area contributed by atoms with Crippen molar-refractivity contribution in [1.29, 1.82) is 0 Å². The van der Waals surface area contributed by atoms with Crippen molar-refractivity contribution in [3.63, 3.8) is 0 Å². The lowest BCUT2D eigenvalue weighted by Gasteiger charge is -2.40. The van der Waals surface area contributed by atoms with Gasteiger partial charge in [0.05, 0.1) is 12.5 Å². The van der Waals surface area contributed by atoms with Crippen LogP contribution in [-0.4, -0.2) is 75.8 Å². The van der Waals surface area contributed by atoms with Crippen LogP contribution in [0, 0.1) is 12.0 Å². The second kappa shape index (κ2) is 10.5. The molecular weight excluding hydrogens is 540 g/mol. The predicted octanol–water partition coefficient (Wildman–Crippen LogP) is 4.55. The number of amides is 3. The maximum atomic E-state index is 14.5. The standard InChI is InChI=1S/C34H40N6O3/c1-7-39-19-26-22(21-12-8-10-14-24(21)36-26)16-27(39)30(41)38(6)28(17-33(2,3)4)31(42)40-20-34(18-29(40)35-5)23-13-9-11-15-25(23)37-32(34)43/h8-15,27-29,36H,7,16-20H2,1-4,6H3,(H,37,43)/t27-,28-,29-,34-/m0/s1. The number of H-pyrrole nitrogens is 1. The molecule has 0 unspecified atom stereocenters. The number of carbonyl (C=O) groups excluding carboxylic acids is 3. The molecule has 4 atom stereocenters. The van der Waals surface area contributed by atoms with Crippen molar-refractivity contribution in [2.75, 3.05) is 25.5 Å². The van der Waals surface area contributed by atoms with E-state index in [4.69, 9.17) is 6.57 Å². The van der Waals surface area contributed by atoms with Gasteiger partial charge in [-0.05, 0) is 48.1 Å². The summed E-state index contributed by atoms with van der Waals surface area (Å²) in [6.07, 6.45) is 0.440. The molecule has 9 nitrogen and oxygen atoms in total. The number of hydrogen-bond donors (Lipinski definition) is 2. The normalized spacial score (nSPS) is 24.0. The molecule has 0 saturated carbocycles. The minimum Gasteiger partial charge on any atom is -0.357 e. The summed E-state index contributed by atoms with van der Waals surface area (Å²) in [5.41, 5.74) is 3.69. The van der Waals surface area contributed by atoms with E-state index in [0.717, 1.165) is 33.4 Å². The van der Waals surface area contributed by atoms with Crippen LogP contribution in [-0.2, 0) is 32.8 Å². The third-order valence-corrected chi connectivity index (χ3v) is 9.59. The Kier molecular flexibility index (Phi) is 7.09. The Morgan fingerprint density at radius 3 is 2.60 bits per heavy atom. The summed E-state index contributed by atoms with van der Waals surface area (Å²) in [6.45, 7) is 17.6. The van der Waals surface area contributed by atoms with Gasteiger partial charge in [0.1, 0.15) is 11.5 Å². The lowest BCUT2D eigenvalue weighted by molar-refractivity contribution is -0.149. The number of nitrogens with one attached hydrogen (secondary N) is 2. The van der Waals surface area contributed by atoms with Crippen molar-refractivity contribution in [2.24, 2.45) is 5.41 Å². The summed E-state index contributed by atoms with van der Waals surface area (Å²) >= 11 is 0. The number of anilines is 1. The number of fused-ring (bicyclic) bond motifs is 5. The zero-order valence-corrected chi connectivity index (χ0v) is 25.6. The molecule has 9 heteroatoms. The summed E-state index contributed by atoms with van der Waals surface area (Å²) in [7, 11) is 1.73. The number of benzene rings is 2. The van der Waals surface area contributed by atoms with Gasteiger partial charge < -0.3 is 15.2 Å². The zero-order valence-electron chi connectivity index (χ0n) is 25.6. The average Bonchev–Trinajstić information content (AvgIpc) is 3.65. The molecule has 224 valence electrons. The molecule has 1 saturated heterocycles. The molecule has 43 heavy (non-hydrogen) atoms. The Morgan fingerprint density at radius 1 is 1.16 bits per heavy atom. The quantitative estimate of drug-likeness (QED) is 0.434. The van der Waals surface area contributed by atoms with Crippen LogP contribution in [0.15, 0.2) is 48.5 Å². The molecule has 3 amide bonds. The van der Waals surface area contributed by atoms with Gasteiger partial charge in [-0.15, -0.1) is 0 Å². The average molecular weight is 581 g/mol. The number of hydrogen-bond acceptors (Lipinski definition) is 4. The summed E-state index contributed by atoms with van der Waals surface area (Å²) in [6, 6.07) is 14.5. The molecule has 0 radical (unpaired) electrons. The number of aromatic amines is 1. The van der Waals surface area contributed by atoms with E-state index in [1.165, 1.54) is 0 Å². The molecule has 2 N–H and O–H groups in total. The maximum Gasteiger partial charge on any atom is 0.302 e. The Morgan fingerprint density at radius 2 is 1.88 bits per heavy atom. The van der Waals surface area contributed by atoms with E-state index in [1.54, 1.807) is 16.8 Å². The molecule has 1 spiro atoms. The first-order chi connectivity index (χ1) is 20.5. The van der Waals surface area contributed by atoms with E-state index >= 15 is 0 Å². The molecule has 3 aliphatic rings. The Bertz CT molecular complexity index is 1650. The molecule has 1 fully saturated rings. The number of rotatable bonds is 5. The van der Waals surface area contributed by atoms with Crippen molar-refractivity contribution < 1.29 is 14.4 Å². The van der Waals surface area contributed by atoms with Crippen molar-refractivity contribution in [1.82, 2.24) is 19.7 Å². The van der Waals surface area contributed by atoms with Gasteiger partial charge in [0.15, 0.2) is 0 Å². The number of carbonyl (C=O) groups is 3. The van der Waals surface area contributed by atoms with Gasteiger partial charge in [0.2, 0.25) is 11.8 Å². The lowest BCUT2D eigenvalue weighted by Crippen LogP contribution is -2.57. The lowest BCUT2D eigenvalue weighted by atomic mass is 9.80. The van der Waals surface area contributed by atoms with Crippen molar-refractivity contribution in [2.45, 2.75) is 77.2 Å². The fourth-order valence-corrected chi connectivity index (χ4v) is 7.34. The summed E-state index contributed by atoms with van der Waals surface area (Å²) in [5, 5.41) is 4.10.